The molecular weight excluding hydrogens is 276 g/mol. The van der Waals surface area contributed by atoms with E-state index < -0.39 is 5.54 Å². The second-order valence-electron chi connectivity index (χ2n) is 5.15. The lowest BCUT2D eigenvalue weighted by molar-refractivity contribution is 0.0824. The maximum atomic E-state index is 12.3. The van der Waals surface area contributed by atoms with Crippen LogP contribution < -0.4 is 16.0 Å². The second-order valence-corrected chi connectivity index (χ2v) is 6.13. The van der Waals surface area contributed by atoms with Crippen LogP contribution in [0.5, 0.6) is 0 Å². The fourth-order valence-corrected chi connectivity index (χ4v) is 2.88. The molecule has 0 aliphatic rings. The Hall–Kier alpha value is -1.34. The SMILES string of the molecule is CCN(CC)c1nc(N)c(C(=O)NC(C)(C)COC)s1. The minimum Gasteiger partial charge on any atom is -0.382 e. The zero-order valence-corrected chi connectivity index (χ0v) is 13.6. The number of thiazole rings is 1. The van der Waals surface area contributed by atoms with Gasteiger partial charge in [-0.3, -0.25) is 4.79 Å². The van der Waals surface area contributed by atoms with Crippen LogP contribution in [-0.4, -0.2) is 43.2 Å². The van der Waals surface area contributed by atoms with E-state index >= 15 is 0 Å². The highest BCUT2D eigenvalue weighted by molar-refractivity contribution is 7.18. The van der Waals surface area contributed by atoms with Crippen molar-refractivity contribution in [1.29, 1.82) is 0 Å². The zero-order valence-electron chi connectivity index (χ0n) is 12.8. The molecule has 6 nitrogen and oxygen atoms in total. The van der Waals surface area contributed by atoms with Gasteiger partial charge in [-0.1, -0.05) is 11.3 Å². The lowest BCUT2D eigenvalue weighted by Gasteiger charge is -2.24. The number of nitrogens with two attached hydrogens (primary N) is 1. The van der Waals surface area contributed by atoms with Gasteiger partial charge in [0.15, 0.2) is 5.13 Å². The lowest BCUT2D eigenvalue weighted by atomic mass is 10.1. The van der Waals surface area contributed by atoms with Crippen LogP contribution in [0.25, 0.3) is 0 Å². The lowest BCUT2D eigenvalue weighted by Crippen LogP contribution is -2.46. The van der Waals surface area contributed by atoms with Gasteiger partial charge in [0, 0.05) is 20.2 Å². The van der Waals surface area contributed by atoms with E-state index in [0.29, 0.717) is 11.5 Å². The summed E-state index contributed by atoms with van der Waals surface area (Å²) in [5.74, 6) is 0.0723. The topological polar surface area (TPSA) is 80.5 Å². The normalized spacial score (nSPS) is 11.4. The number of ether oxygens (including phenoxy) is 1. The van der Waals surface area contributed by atoms with E-state index in [4.69, 9.17) is 10.5 Å². The van der Waals surface area contributed by atoms with Gasteiger partial charge in [0.25, 0.3) is 5.91 Å². The third-order valence-electron chi connectivity index (χ3n) is 2.84. The van der Waals surface area contributed by atoms with Gasteiger partial charge in [0.1, 0.15) is 10.7 Å². The quantitative estimate of drug-likeness (QED) is 0.801. The van der Waals surface area contributed by atoms with Crippen LogP contribution in [-0.2, 0) is 4.74 Å². The number of methoxy groups -OCH3 is 1. The molecule has 1 aromatic heterocycles. The molecule has 1 heterocycles. The molecule has 0 saturated heterocycles. The van der Waals surface area contributed by atoms with Crippen LogP contribution in [0, 0.1) is 0 Å². The number of rotatable bonds is 7. The first-order valence-corrected chi connectivity index (χ1v) is 7.49. The van der Waals surface area contributed by atoms with Crippen molar-refractivity contribution in [2.45, 2.75) is 33.2 Å². The molecule has 0 atom stereocenters. The molecule has 0 bridgehead atoms. The Labute approximate surface area is 124 Å². The number of carbonyl (C=O) groups is 1. The number of amides is 1. The maximum absolute atomic E-state index is 12.3. The molecule has 0 spiro atoms. The average Bonchev–Trinajstić information content (AvgIpc) is 2.72. The van der Waals surface area contributed by atoms with Gasteiger partial charge in [-0.25, -0.2) is 4.98 Å². The Kier molecular flexibility index (Phi) is 5.76. The molecule has 114 valence electrons. The molecule has 0 fully saturated rings. The monoisotopic (exact) mass is 300 g/mol. The highest BCUT2D eigenvalue weighted by Gasteiger charge is 2.25. The number of hydrogen-bond donors (Lipinski definition) is 2. The van der Waals surface area contributed by atoms with E-state index in [9.17, 15) is 4.79 Å². The van der Waals surface area contributed by atoms with Crippen molar-refractivity contribution in [3.63, 3.8) is 0 Å². The van der Waals surface area contributed by atoms with Crippen molar-refractivity contribution in [1.82, 2.24) is 10.3 Å². The van der Waals surface area contributed by atoms with Gasteiger partial charge in [0.05, 0.1) is 12.1 Å². The first-order valence-electron chi connectivity index (χ1n) is 6.67. The third kappa shape index (κ3) is 4.08. The molecule has 1 aromatic rings. The fourth-order valence-electron chi connectivity index (χ4n) is 1.87. The molecule has 0 aliphatic carbocycles. The summed E-state index contributed by atoms with van der Waals surface area (Å²) in [6, 6.07) is 0. The van der Waals surface area contributed by atoms with E-state index in [1.807, 2.05) is 27.7 Å². The van der Waals surface area contributed by atoms with Crippen molar-refractivity contribution in [2.24, 2.45) is 0 Å². The molecule has 0 saturated carbocycles. The third-order valence-corrected chi connectivity index (χ3v) is 3.97. The van der Waals surface area contributed by atoms with E-state index in [-0.39, 0.29) is 11.7 Å². The van der Waals surface area contributed by atoms with E-state index in [1.165, 1.54) is 11.3 Å². The first-order chi connectivity index (χ1) is 9.34. The van der Waals surface area contributed by atoms with Gasteiger partial charge in [-0.2, -0.15) is 0 Å². The molecule has 0 unspecified atom stereocenters. The van der Waals surface area contributed by atoms with Gasteiger partial charge >= 0.3 is 0 Å². The van der Waals surface area contributed by atoms with E-state index in [2.05, 4.69) is 15.2 Å². The Morgan fingerprint density at radius 1 is 1.45 bits per heavy atom. The Morgan fingerprint density at radius 2 is 2.05 bits per heavy atom. The molecular formula is C13H24N4O2S. The number of nitrogens with zero attached hydrogens (tertiary/aromatic N) is 2. The van der Waals surface area contributed by atoms with Gasteiger partial charge in [-0.05, 0) is 27.7 Å². The van der Waals surface area contributed by atoms with Crippen LogP contribution in [0.15, 0.2) is 0 Å². The number of nitrogens with one attached hydrogen (secondary N) is 1. The second kappa shape index (κ2) is 6.90. The van der Waals surface area contributed by atoms with Gasteiger partial charge in [0.2, 0.25) is 0 Å². The predicted octanol–water partition coefficient (Wildman–Crippen LogP) is 1.73. The molecule has 1 amide bonds. The molecule has 7 heteroatoms. The van der Waals surface area contributed by atoms with Crippen molar-refractivity contribution in [3.8, 4) is 0 Å². The number of carbonyl (C=O) groups excluding carboxylic acids is 1. The van der Waals surface area contributed by atoms with Crippen LogP contribution in [0.1, 0.15) is 37.4 Å². The molecule has 0 radical (unpaired) electrons. The van der Waals surface area contributed by atoms with Crippen molar-refractivity contribution < 1.29 is 9.53 Å². The average molecular weight is 300 g/mol. The van der Waals surface area contributed by atoms with E-state index in [0.717, 1.165) is 18.2 Å². The number of nitrogen functional groups attached to an aromatic ring is 1. The van der Waals surface area contributed by atoms with Crippen LogP contribution in [0.2, 0.25) is 0 Å². The smallest absolute Gasteiger partial charge is 0.265 e. The first kappa shape index (κ1) is 16.7. The van der Waals surface area contributed by atoms with E-state index in [1.54, 1.807) is 7.11 Å². The number of anilines is 2. The van der Waals surface area contributed by atoms with Gasteiger partial charge < -0.3 is 20.7 Å². The largest absolute Gasteiger partial charge is 0.382 e. The summed E-state index contributed by atoms with van der Waals surface area (Å²) in [6.45, 7) is 9.98. The van der Waals surface area contributed by atoms with Crippen molar-refractivity contribution in [2.75, 3.05) is 37.4 Å². The summed E-state index contributed by atoms with van der Waals surface area (Å²) in [5, 5.41) is 3.69. The van der Waals surface area contributed by atoms with Crippen LogP contribution in [0.3, 0.4) is 0 Å². The maximum Gasteiger partial charge on any atom is 0.265 e. The van der Waals surface area contributed by atoms with Crippen LogP contribution >= 0.6 is 11.3 Å². The summed E-state index contributed by atoms with van der Waals surface area (Å²) < 4.78 is 5.09. The number of hydrogen-bond acceptors (Lipinski definition) is 6. The highest BCUT2D eigenvalue weighted by Crippen LogP contribution is 2.28. The van der Waals surface area contributed by atoms with Crippen molar-refractivity contribution in [3.05, 3.63) is 4.88 Å². The van der Waals surface area contributed by atoms with Gasteiger partial charge in [-0.15, -0.1) is 0 Å². The summed E-state index contributed by atoms with van der Waals surface area (Å²) in [5.41, 5.74) is 5.42. The standard InChI is InChI=1S/C13H24N4O2S/c1-6-17(7-2)12-15-10(14)9(20-12)11(18)16-13(3,4)8-19-5/h6-8,14H2,1-5H3,(H,16,18). The Bertz CT molecular complexity index is 455. The van der Waals surface area contributed by atoms with Crippen molar-refractivity contribution >= 4 is 28.2 Å². The summed E-state index contributed by atoms with van der Waals surface area (Å²) >= 11 is 1.32. The summed E-state index contributed by atoms with van der Waals surface area (Å²) in [4.78, 5) is 19.1. The molecule has 3 N–H and O–H groups in total. The zero-order chi connectivity index (χ0) is 15.3. The molecule has 0 aliphatic heterocycles. The fraction of sp³-hybridized carbons (Fsp3) is 0.692. The molecule has 1 rings (SSSR count). The molecule has 20 heavy (non-hydrogen) atoms. The number of aromatic nitrogens is 1. The predicted molar refractivity (Wildman–Crippen MR) is 83.5 cm³/mol. The summed E-state index contributed by atoms with van der Waals surface area (Å²) in [7, 11) is 1.60. The van der Waals surface area contributed by atoms with Crippen LogP contribution in [0.4, 0.5) is 10.9 Å². The minimum absolute atomic E-state index is 0.208. The minimum atomic E-state index is -0.447. The highest BCUT2D eigenvalue weighted by atomic mass is 32.1. The molecule has 0 aromatic carbocycles. The summed E-state index contributed by atoms with van der Waals surface area (Å²) in [6.07, 6.45) is 0. The Balaban J connectivity index is 2.89. The Morgan fingerprint density at radius 3 is 2.55 bits per heavy atom.